The van der Waals surface area contributed by atoms with Crippen LogP contribution in [-0.4, -0.2) is 25.7 Å². The van der Waals surface area contributed by atoms with Crippen molar-refractivity contribution in [2.24, 2.45) is 17.8 Å². The molecule has 15 heavy (non-hydrogen) atoms. The number of ketones is 1. The van der Waals surface area contributed by atoms with Crippen molar-refractivity contribution in [3.05, 3.63) is 0 Å². The molecular formula is C11H20O3S. The topological polar surface area (TPSA) is 51.2 Å². The normalized spacial score (nSPS) is 26.8. The van der Waals surface area contributed by atoms with Crippen molar-refractivity contribution in [2.75, 3.05) is 11.5 Å². The van der Waals surface area contributed by atoms with Crippen LogP contribution < -0.4 is 0 Å². The summed E-state index contributed by atoms with van der Waals surface area (Å²) in [5.74, 6) is 0.721. The molecule has 0 aromatic heterocycles. The van der Waals surface area contributed by atoms with Crippen LogP contribution in [0.2, 0.25) is 0 Å². The third-order valence-corrected chi connectivity index (χ3v) is 5.00. The summed E-state index contributed by atoms with van der Waals surface area (Å²) < 4.78 is 22.7. The number of hydrogen-bond donors (Lipinski definition) is 0. The summed E-state index contributed by atoms with van der Waals surface area (Å²) in [7, 11) is -2.86. The van der Waals surface area contributed by atoms with E-state index >= 15 is 0 Å². The van der Waals surface area contributed by atoms with Crippen molar-refractivity contribution in [3.63, 3.8) is 0 Å². The summed E-state index contributed by atoms with van der Waals surface area (Å²) in [5, 5.41) is 0. The molecule has 88 valence electrons. The molecule has 0 bridgehead atoms. The second-order valence-corrected chi connectivity index (χ2v) is 6.96. The summed E-state index contributed by atoms with van der Waals surface area (Å²) >= 11 is 0. The van der Waals surface area contributed by atoms with E-state index in [1.54, 1.807) is 0 Å². The third-order valence-electron chi connectivity index (χ3n) is 3.21. The van der Waals surface area contributed by atoms with Crippen LogP contribution >= 0.6 is 0 Å². The lowest BCUT2D eigenvalue weighted by molar-refractivity contribution is -0.127. The molecule has 1 aliphatic rings. The zero-order valence-electron chi connectivity index (χ0n) is 9.69. The molecule has 3 nitrogen and oxygen atoms in total. The van der Waals surface area contributed by atoms with Crippen molar-refractivity contribution in [2.45, 2.75) is 33.6 Å². The molecule has 0 aliphatic carbocycles. The second kappa shape index (κ2) is 4.64. The van der Waals surface area contributed by atoms with E-state index in [1.807, 2.05) is 20.8 Å². The van der Waals surface area contributed by atoms with Gasteiger partial charge in [-0.1, -0.05) is 20.8 Å². The van der Waals surface area contributed by atoms with Crippen molar-refractivity contribution in [1.82, 2.24) is 0 Å². The van der Waals surface area contributed by atoms with Gasteiger partial charge in [-0.05, 0) is 18.8 Å². The van der Waals surface area contributed by atoms with Crippen LogP contribution in [0.25, 0.3) is 0 Å². The second-order valence-electron chi connectivity index (χ2n) is 4.73. The van der Waals surface area contributed by atoms with Gasteiger partial charge >= 0.3 is 0 Å². The van der Waals surface area contributed by atoms with Gasteiger partial charge in [0.1, 0.15) is 5.78 Å². The molecular weight excluding hydrogens is 212 g/mol. The van der Waals surface area contributed by atoms with Crippen LogP contribution in [0.3, 0.4) is 0 Å². The fourth-order valence-corrected chi connectivity index (χ4v) is 4.22. The van der Waals surface area contributed by atoms with Crippen LogP contribution in [0.5, 0.6) is 0 Å². The molecule has 0 aromatic carbocycles. The molecule has 1 heterocycles. The van der Waals surface area contributed by atoms with Crippen molar-refractivity contribution < 1.29 is 13.2 Å². The summed E-state index contributed by atoms with van der Waals surface area (Å²) in [4.78, 5) is 11.9. The molecule has 1 aliphatic heterocycles. The van der Waals surface area contributed by atoms with Gasteiger partial charge in [-0.15, -0.1) is 0 Å². The molecule has 2 unspecified atom stereocenters. The number of carbonyl (C=O) groups is 1. The fraction of sp³-hybridized carbons (Fsp3) is 0.909. The van der Waals surface area contributed by atoms with E-state index < -0.39 is 9.84 Å². The van der Waals surface area contributed by atoms with Gasteiger partial charge in [0.15, 0.2) is 9.84 Å². The molecule has 0 amide bonds. The molecule has 0 radical (unpaired) electrons. The molecule has 0 spiro atoms. The van der Waals surface area contributed by atoms with Crippen molar-refractivity contribution in [3.8, 4) is 0 Å². The zero-order valence-corrected chi connectivity index (χ0v) is 10.5. The zero-order chi connectivity index (χ0) is 11.6. The average molecular weight is 232 g/mol. The summed E-state index contributed by atoms with van der Waals surface area (Å²) in [6.07, 6.45) is 1.43. The van der Waals surface area contributed by atoms with Gasteiger partial charge in [-0.2, -0.15) is 0 Å². The molecule has 1 fully saturated rings. The minimum absolute atomic E-state index is 0.0123. The van der Waals surface area contributed by atoms with E-state index in [2.05, 4.69) is 0 Å². The number of rotatable bonds is 4. The van der Waals surface area contributed by atoms with E-state index in [0.717, 1.165) is 6.42 Å². The minimum atomic E-state index is -2.86. The Morgan fingerprint density at radius 2 is 2.00 bits per heavy atom. The van der Waals surface area contributed by atoms with Gasteiger partial charge in [0, 0.05) is 11.8 Å². The largest absolute Gasteiger partial charge is 0.299 e. The van der Waals surface area contributed by atoms with Gasteiger partial charge in [-0.25, -0.2) is 8.42 Å². The Labute approximate surface area is 92.2 Å². The maximum atomic E-state index is 11.9. The molecule has 0 aromatic rings. The average Bonchev–Trinajstić information content (AvgIpc) is 2.47. The van der Waals surface area contributed by atoms with Crippen LogP contribution in [0.1, 0.15) is 33.6 Å². The highest BCUT2D eigenvalue weighted by atomic mass is 32.2. The summed E-state index contributed by atoms with van der Waals surface area (Å²) in [6, 6.07) is 0. The Kier molecular flexibility index (Phi) is 3.93. The van der Waals surface area contributed by atoms with Crippen LogP contribution in [0, 0.1) is 17.8 Å². The van der Waals surface area contributed by atoms with E-state index in [9.17, 15) is 13.2 Å². The Morgan fingerprint density at radius 3 is 2.33 bits per heavy atom. The van der Waals surface area contributed by atoms with Crippen molar-refractivity contribution in [1.29, 1.82) is 0 Å². The Balaban J connectivity index is 2.73. The Hall–Kier alpha value is -0.380. The lowest BCUT2D eigenvalue weighted by atomic mass is 9.82. The first-order valence-electron chi connectivity index (χ1n) is 5.61. The van der Waals surface area contributed by atoms with Gasteiger partial charge < -0.3 is 0 Å². The van der Waals surface area contributed by atoms with E-state index in [-0.39, 0.29) is 35.0 Å². The van der Waals surface area contributed by atoms with E-state index in [1.165, 1.54) is 0 Å². The third kappa shape index (κ3) is 3.03. The van der Waals surface area contributed by atoms with E-state index in [0.29, 0.717) is 6.42 Å². The summed E-state index contributed by atoms with van der Waals surface area (Å²) in [6.45, 7) is 5.73. The number of sulfone groups is 1. The molecule has 0 saturated carbocycles. The minimum Gasteiger partial charge on any atom is -0.299 e. The highest BCUT2D eigenvalue weighted by molar-refractivity contribution is 7.91. The molecule has 1 saturated heterocycles. The standard InChI is InChI=1S/C11H20O3S/c1-4-10(11(12)8(2)3)9-5-6-15(13,14)7-9/h8-10H,4-7H2,1-3H3. The van der Waals surface area contributed by atoms with Gasteiger partial charge in [0.25, 0.3) is 0 Å². The molecule has 0 N–H and O–H groups in total. The van der Waals surface area contributed by atoms with Crippen LogP contribution in [0.4, 0.5) is 0 Å². The monoisotopic (exact) mass is 232 g/mol. The Morgan fingerprint density at radius 1 is 1.40 bits per heavy atom. The SMILES string of the molecule is CCC(C(=O)C(C)C)C1CCS(=O)(=O)C1. The molecule has 4 heteroatoms. The molecule has 1 rings (SSSR count). The smallest absolute Gasteiger partial charge is 0.150 e. The predicted molar refractivity (Wildman–Crippen MR) is 60.4 cm³/mol. The lowest BCUT2D eigenvalue weighted by Crippen LogP contribution is -2.27. The van der Waals surface area contributed by atoms with Crippen LogP contribution in [-0.2, 0) is 14.6 Å². The van der Waals surface area contributed by atoms with Crippen molar-refractivity contribution >= 4 is 15.6 Å². The number of carbonyl (C=O) groups excluding carboxylic acids is 1. The van der Waals surface area contributed by atoms with Crippen LogP contribution in [0.15, 0.2) is 0 Å². The first-order valence-corrected chi connectivity index (χ1v) is 7.43. The summed E-state index contributed by atoms with van der Waals surface area (Å²) in [5.41, 5.74) is 0. The highest BCUT2D eigenvalue weighted by Gasteiger charge is 2.36. The number of Topliss-reactive ketones (excluding diaryl/α,β-unsaturated/α-hetero) is 1. The lowest BCUT2D eigenvalue weighted by Gasteiger charge is -2.21. The fourth-order valence-electron chi connectivity index (χ4n) is 2.34. The maximum absolute atomic E-state index is 11.9. The first kappa shape index (κ1) is 12.7. The maximum Gasteiger partial charge on any atom is 0.150 e. The van der Waals surface area contributed by atoms with E-state index in [4.69, 9.17) is 0 Å². The van der Waals surface area contributed by atoms with Gasteiger partial charge in [0.2, 0.25) is 0 Å². The number of hydrogen-bond acceptors (Lipinski definition) is 3. The van der Waals surface area contributed by atoms with Gasteiger partial charge in [0.05, 0.1) is 11.5 Å². The quantitative estimate of drug-likeness (QED) is 0.741. The molecule has 2 atom stereocenters. The first-order chi connectivity index (χ1) is 6.87. The highest BCUT2D eigenvalue weighted by Crippen LogP contribution is 2.30. The Bertz CT molecular complexity index is 330. The predicted octanol–water partition coefficient (Wildman–Crippen LogP) is 1.67. The van der Waals surface area contributed by atoms with Gasteiger partial charge in [-0.3, -0.25) is 4.79 Å².